The summed E-state index contributed by atoms with van der Waals surface area (Å²) in [4.78, 5) is 0. The molecule has 1 heteroatoms. The van der Waals surface area contributed by atoms with E-state index in [4.69, 9.17) is 0 Å². The van der Waals surface area contributed by atoms with Crippen LogP contribution in [0.25, 0.3) is 14.5 Å². The molecule has 0 aliphatic heterocycles. The number of allylic oxidation sites excluding steroid dienone is 5. The van der Waals surface area contributed by atoms with E-state index in [9.17, 15) is 0 Å². The number of fused-ring (bicyclic) bond motifs is 1. The van der Waals surface area contributed by atoms with E-state index in [-0.39, 0.29) is 5.41 Å². The van der Waals surface area contributed by atoms with E-state index in [0.29, 0.717) is 5.92 Å². The van der Waals surface area contributed by atoms with Crippen LogP contribution in [0.5, 0.6) is 0 Å². The van der Waals surface area contributed by atoms with Gasteiger partial charge in [-0.25, -0.2) is 0 Å². The van der Waals surface area contributed by atoms with Crippen molar-refractivity contribution in [2.45, 2.75) is 47.5 Å². The van der Waals surface area contributed by atoms with Gasteiger partial charge in [-0.3, -0.25) is 0 Å². The zero-order valence-corrected chi connectivity index (χ0v) is 20.8. The first-order chi connectivity index (χ1) is 12.8. The van der Waals surface area contributed by atoms with Gasteiger partial charge in [0.05, 0.1) is 0 Å². The Kier molecular flexibility index (Phi) is 4.58. The fourth-order valence-electron chi connectivity index (χ4n) is 5.07. The fraction of sp³-hybridized carbons (Fsp3) is 0.308. The monoisotopic (exact) mass is 519 g/mol. The van der Waals surface area contributed by atoms with Gasteiger partial charge < -0.3 is 0 Å². The van der Waals surface area contributed by atoms with Gasteiger partial charge >= 0.3 is 179 Å². The Morgan fingerprint density at radius 1 is 0.852 bits per heavy atom. The summed E-state index contributed by atoms with van der Waals surface area (Å²) in [5.74, 6) is 0.468. The van der Waals surface area contributed by atoms with Crippen LogP contribution in [0.4, 0.5) is 0 Å². The minimum atomic E-state index is 0.101. The van der Waals surface area contributed by atoms with E-state index in [1.807, 2.05) is 0 Å². The van der Waals surface area contributed by atoms with Crippen molar-refractivity contribution in [3.8, 4) is 0 Å². The van der Waals surface area contributed by atoms with Crippen molar-refractivity contribution in [2.24, 2.45) is 5.41 Å². The summed E-state index contributed by atoms with van der Waals surface area (Å²) in [6.07, 6.45) is 0. The van der Waals surface area contributed by atoms with Crippen molar-refractivity contribution in [1.82, 2.24) is 0 Å². The number of benzene rings is 2. The molecule has 1 unspecified atom stereocenters. The minimum absolute atomic E-state index is 0.101. The Balaban J connectivity index is 1.97. The Hall–Kier alpha value is -1.47. The molecular weight excluding hydrogens is 491 g/mol. The number of hydrogen-bond acceptors (Lipinski definition) is 0. The summed E-state index contributed by atoms with van der Waals surface area (Å²) < 4.78 is 1.58. The van der Waals surface area contributed by atoms with Gasteiger partial charge in [-0.05, 0) is 0 Å². The van der Waals surface area contributed by atoms with Gasteiger partial charge in [-0.1, -0.05) is 0 Å². The van der Waals surface area contributed by atoms with Crippen LogP contribution in [0, 0.1) is 5.41 Å². The third-order valence-electron chi connectivity index (χ3n) is 6.93. The second-order valence-electron chi connectivity index (χ2n) is 8.52. The third kappa shape index (κ3) is 2.65. The zero-order valence-electron chi connectivity index (χ0n) is 17.2. The van der Waals surface area contributed by atoms with Crippen LogP contribution in [0.2, 0.25) is 0 Å². The molecule has 2 aliphatic rings. The van der Waals surface area contributed by atoms with Gasteiger partial charge in [0.25, 0.3) is 0 Å². The predicted molar refractivity (Wildman–Crippen MR) is 113 cm³/mol. The van der Waals surface area contributed by atoms with Crippen molar-refractivity contribution < 1.29 is 24.4 Å². The Morgan fingerprint density at radius 2 is 1.52 bits per heavy atom. The van der Waals surface area contributed by atoms with Gasteiger partial charge in [-0.2, -0.15) is 0 Å². The van der Waals surface area contributed by atoms with Crippen LogP contribution >= 0.6 is 0 Å². The first kappa shape index (κ1) is 18.9. The molecule has 135 valence electrons. The quantitative estimate of drug-likeness (QED) is 0.365. The summed E-state index contributed by atoms with van der Waals surface area (Å²) in [5, 5.41) is 0. The molecule has 0 saturated carbocycles. The zero-order chi connectivity index (χ0) is 19.5. The molecule has 27 heavy (non-hydrogen) atoms. The molecule has 0 nitrogen and oxygen atoms in total. The van der Waals surface area contributed by atoms with Gasteiger partial charge in [-0.15, -0.1) is 0 Å². The summed E-state index contributed by atoms with van der Waals surface area (Å²) in [7, 11) is 0. The summed E-state index contributed by atoms with van der Waals surface area (Å²) in [6, 6.07) is 18.0. The van der Waals surface area contributed by atoms with Crippen molar-refractivity contribution in [3.05, 3.63) is 87.5 Å². The first-order valence-corrected chi connectivity index (χ1v) is 11.6. The molecule has 0 bridgehead atoms. The number of rotatable bonds is 2. The summed E-state index contributed by atoms with van der Waals surface area (Å²) in [5.41, 5.74) is 13.5. The Morgan fingerprint density at radius 3 is 2.11 bits per heavy atom. The van der Waals surface area contributed by atoms with Crippen molar-refractivity contribution >= 4 is 14.5 Å². The van der Waals surface area contributed by atoms with Crippen LogP contribution in [0.15, 0.2) is 65.3 Å². The molecule has 0 amide bonds. The maximum atomic E-state index is 2.39. The fourth-order valence-corrected chi connectivity index (χ4v) is 7.37. The van der Waals surface area contributed by atoms with Crippen molar-refractivity contribution in [3.63, 3.8) is 0 Å². The summed E-state index contributed by atoms with van der Waals surface area (Å²) >= 11 is 1.07. The molecule has 1 atom stereocenters. The van der Waals surface area contributed by atoms with Crippen LogP contribution in [-0.2, 0) is 24.4 Å². The molecule has 0 spiro atoms. The SMILES string of the molecule is CC1=C(C)C(C)(C)C(c2cccc3c2[C]([Hf])=C(c2ccccc2)C3C)=C1C. The van der Waals surface area contributed by atoms with Gasteiger partial charge in [0.1, 0.15) is 0 Å². The van der Waals surface area contributed by atoms with E-state index >= 15 is 0 Å². The molecule has 2 aromatic carbocycles. The Labute approximate surface area is 178 Å². The standard InChI is InChI=1S/C26H27.Hf/c1-16-17(2)25(26(5,6)19(16)4)22-14-10-13-21-18(3)23(15-24(21)22)20-11-8-7-9-12-20;/h7-14,18H,1-6H3;. The van der Waals surface area contributed by atoms with Crippen molar-refractivity contribution in [1.29, 1.82) is 0 Å². The van der Waals surface area contributed by atoms with Gasteiger partial charge in [0, 0.05) is 0 Å². The molecule has 0 fully saturated rings. The number of hydrogen-bond donors (Lipinski definition) is 0. The van der Waals surface area contributed by atoms with Crippen LogP contribution < -0.4 is 0 Å². The van der Waals surface area contributed by atoms with Crippen LogP contribution in [0.1, 0.15) is 69.7 Å². The average molecular weight is 518 g/mol. The molecular formula is C26H27Hf. The van der Waals surface area contributed by atoms with E-state index < -0.39 is 0 Å². The molecule has 4 rings (SSSR count). The van der Waals surface area contributed by atoms with E-state index in [1.54, 1.807) is 8.90 Å². The maximum absolute atomic E-state index is 2.39. The normalized spacial score (nSPS) is 21.3. The van der Waals surface area contributed by atoms with Crippen LogP contribution in [-0.4, -0.2) is 0 Å². The Bertz CT molecular complexity index is 1030. The van der Waals surface area contributed by atoms with E-state index in [2.05, 4.69) is 90.1 Å². The van der Waals surface area contributed by atoms with Crippen LogP contribution in [0.3, 0.4) is 0 Å². The topological polar surface area (TPSA) is 0 Å². The molecule has 0 aromatic heterocycles. The van der Waals surface area contributed by atoms with E-state index in [0.717, 1.165) is 24.4 Å². The molecule has 2 aliphatic carbocycles. The predicted octanol–water partition coefficient (Wildman–Crippen LogP) is 7.37. The second kappa shape index (κ2) is 6.55. The summed E-state index contributed by atoms with van der Waals surface area (Å²) in [6.45, 7) is 14.1. The first-order valence-electron chi connectivity index (χ1n) is 9.81. The van der Waals surface area contributed by atoms with Crippen molar-refractivity contribution in [2.75, 3.05) is 0 Å². The third-order valence-corrected chi connectivity index (χ3v) is 8.80. The molecule has 0 heterocycles. The van der Waals surface area contributed by atoms with E-state index in [1.165, 1.54) is 44.5 Å². The molecule has 0 radical (unpaired) electrons. The second-order valence-corrected chi connectivity index (χ2v) is 10.3. The van der Waals surface area contributed by atoms with Gasteiger partial charge in [0.15, 0.2) is 0 Å². The average Bonchev–Trinajstić information content (AvgIpc) is 2.99. The van der Waals surface area contributed by atoms with Gasteiger partial charge in [0.2, 0.25) is 0 Å². The molecule has 0 N–H and O–H groups in total. The molecule has 0 saturated heterocycles. The molecule has 2 aromatic rings.